The van der Waals surface area contributed by atoms with Gasteiger partial charge in [0.05, 0.1) is 11.6 Å². The van der Waals surface area contributed by atoms with E-state index in [4.69, 9.17) is 10.00 Å². The highest BCUT2D eigenvalue weighted by Crippen LogP contribution is 2.08. The summed E-state index contributed by atoms with van der Waals surface area (Å²) in [6.07, 6.45) is 1.70. The Morgan fingerprint density at radius 1 is 1.37 bits per heavy atom. The lowest BCUT2D eigenvalue weighted by molar-refractivity contribution is -0.144. The third kappa shape index (κ3) is 3.39. The fraction of sp³-hybridized carbons (Fsp3) is 0.357. The van der Waals surface area contributed by atoms with Gasteiger partial charge in [-0.15, -0.1) is 0 Å². The van der Waals surface area contributed by atoms with E-state index < -0.39 is 0 Å². The highest BCUT2D eigenvalue weighted by molar-refractivity contribution is 5.98. The van der Waals surface area contributed by atoms with Gasteiger partial charge < -0.3 is 10.1 Å². The summed E-state index contributed by atoms with van der Waals surface area (Å²) >= 11 is 0. The van der Waals surface area contributed by atoms with Crippen molar-refractivity contribution in [3.63, 3.8) is 0 Å². The van der Waals surface area contributed by atoms with Crippen LogP contribution in [-0.2, 0) is 9.53 Å². The van der Waals surface area contributed by atoms with Gasteiger partial charge in [-0.1, -0.05) is 0 Å². The van der Waals surface area contributed by atoms with Crippen LogP contribution < -0.4 is 5.32 Å². The molecule has 1 aliphatic rings. The first-order valence-electron chi connectivity index (χ1n) is 6.14. The number of Topliss-reactive ketones (excluding diaryl/α,β-unsaturated/α-hetero) is 1. The number of ketones is 1. The van der Waals surface area contributed by atoms with E-state index in [9.17, 15) is 9.59 Å². The maximum Gasteiger partial charge on any atom is 0.323 e. The van der Waals surface area contributed by atoms with Crippen LogP contribution in [0.5, 0.6) is 0 Å². The van der Waals surface area contributed by atoms with Crippen LogP contribution in [0.15, 0.2) is 24.3 Å². The van der Waals surface area contributed by atoms with Crippen molar-refractivity contribution >= 4 is 11.8 Å². The molecule has 5 nitrogen and oxygen atoms in total. The number of benzene rings is 1. The Kier molecular flexibility index (Phi) is 4.26. The van der Waals surface area contributed by atoms with Crippen molar-refractivity contribution in [1.29, 1.82) is 5.26 Å². The Bertz CT molecular complexity index is 510. The highest BCUT2D eigenvalue weighted by Gasteiger charge is 2.24. The molecular formula is C14H14N2O3. The van der Waals surface area contributed by atoms with Gasteiger partial charge in [0.1, 0.15) is 6.04 Å². The predicted molar refractivity (Wildman–Crippen MR) is 67.5 cm³/mol. The summed E-state index contributed by atoms with van der Waals surface area (Å²) in [5.41, 5.74) is 0.926. The maximum atomic E-state index is 11.8. The number of hydrogen-bond donors (Lipinski definition) is 1. The van der Waals surface area contributed by atoms with Gasteiger partial charge in [-0.25, -0.2) is 0 Å². The van der Waals surface area contributed by atoms with Crippen LogP contribution in [0.4, 0.5) is 0 Å². The maximum absolute atomic E-state index is 11.8. The minimum absolute atomic E-state index is 0.261. The van der Waals surface area contributed by atoms with Crippen LogP contribution in [0.1, 0.15) is 28.8 Å². The predicted octanol–water partition coefficient (Wildman–Crippen LogP) is 1.04. The molecule has 1 saturated heterocycles. The Balaban J connectivity index is 1.86. The third-order valence-electron chi connectivity index (χ3n) is 3.03. The number of nitrogens with zero attached hydrogens (tertiary/aromatic N) is 1. The number of nitrogens with one attached hydrogen (secondary N) is 1. The normalized spacial score (nSPS) is 17.7. The lowest BCUT2D eigenvalue weighted by Gasteiger charge is -2.09. The van der Waals surface area contributed by atoms with Gasteiger partial charge in [-0.2, -0.15) is 5.26 Å². The van der Waals surface area contributed by atoms with Crippen molar-refractivity contribution < 1.29 is 14.3 Å². The van der Waals surface area contributed by atoms with Crippen LogP contribution in [0, 0.1) is 11.3 Å². The standard InChI is InChI=1S/C14H14N2O3/c15-8-10-3-5-11(6-4-10)13(17)9-19-14(18)12-2-1-7-16-12/h3-6,12,16H,1-2,7,9H2. The van der Waals surface area contributed by atoms with E-state index in [2.05, 4.69) is 5.32 Å². The molecule has 0 spiro atoms. The van der Waals surface area contributed by atoms with Crippen molar-refractivity contribution in [2.75, 3.05) is 13.2 Å². The van der Waals surface area contributed by atoms with Gasteiger partial charge >= 0.3 is 5.97 Å². The van der Waals surface area contributed by atoms with Gasteiger partial charge in [-0.3, -0.25) is 9.59 Å². The molecule has 1 aromatic rings. The molecule has 1 heterocycles. The second-order valence-electron chi connectivity index (χ2n) is 4.37. The third-order valence-corrected chi connectivity index (χ3v) is 3.03. The van der Waals surface area contributed by atoms with Crippen molar-refractivity contribution in [1.82, 2.24) is 5.32 Å². The number of carbonyl (C=O) groups is 2. The molecule has 0 bridgehead atoms. The number of rotatable bonds is 4. The van der Waals surface area contributed by atoms with Crippen molar-refractivity contribution in [2.24, 2.45) is 0 Å². The molecule has 98 valence electrons. The van der Waals surface area contributed by atoms with Crippen LogP contribution in [-0.4, -0.2) is 30.9 Å². The molecular weight excluding hydrogens is 244 g/mol. The summed E-state index contributed by atoms with van der Waals surface area (Å²) in [6, 6.07) is 7.93. The Hall–Kier alpha value is -2.19. The van der Waals surface area contributed by atoms with Crippen LogP contribution in [0.2, 0.25) is 0 Å². The second-order valence-corrected chi connectivity index (χ2v) is 4.37. The van der Waals surface area contributed by atoms with E-state index in [1.54, 1.807) is 24.3 Å². The first kappa shape index (κ1) is 13.2. The fourth-order valence-electron chi connectivity index (χ4n) is 1.94. The minimum atomic E-state index is -0.375. The largest absolute Gasteiger partial charge is 0.456 e. The first-order chi connectivity index (χ1) is 9.20. The molecule has 0 radical (unpaired) electrons. The molecule has 0 aliphatic carbocycles. The summed E-state index contributed by atoms with van der Waals surface area (Å²) in [5.74, 6) is -0.643. The molecule has 1 atom stereocenters. The molecule has 0 saturated carbocycles. The molecule has 5 heteroatoms. The van der Waals surface area contributed by atoms with Crippen molar-refractivity contribution in [3.8, 4) is 6.07 Å². The zero-order chi connectivity index (χ0) is 13.7. The molecule has 1 N–H and O–H groups in total. The van der Waals surface area contributed by atoms with E-state index in [1.807, 2.05) is 6.07 Å². The summed E-state index contributed by atoms with van der Waals surface area (Å²) in [4.78, 5) is 23.4. The summed E-state index contributed by atoms with van der Waals surface area (Å²) in [5, 5.41) is 11.7. The Morgan fingerprint density at radius 2 is 2.11 bits per heavy atom. The summed E-state index contributed by atoms with van der Waals surface area (Å²) in [7, 11) is 0. The van der Waals surface area contributed by atoms with E-state index in [0.717, 1.165) is 19.4 Å². The quantitative estimate of drug-likeness (QED) is 0.644. The average Bonchev–Trinajstić information content (AvgIpc) is 2.98. The number of ether oxygens (including phenoxy) is 1. The van der Waals surface area contributed by atoms with Crippen LogP contribution in [0.3, 0.4) is 0 Å². The van der Waals surface area contributed by atoms with E-state index in [0.29, 0.717) is 11.1 Å². The molecule has 2 rings (SSSR count). The molecule has 1 aromatic carbocycles. The summed E-state index contributed by atoms with van der Waals surface area (Å²) in [6.45, 7) is 0.548. The van der Waals surface area contributed by atoms with E-state index >= 15 is 0 Å². The first-order valence-corrected chi connectivity index (χ1v) is 6.14. The highest BCUT2D eigenvalue weighted by atomic mass is 16.5. The topological polar surface area (TPSA) is 79.2 Å². The molecule has 19 heavy (non-hydrogen) atoms. The number of hydrogen-bond acceptors (Lipinski definition) is 5. The van der Waals surface area contributed by atoms with Gasteiger partial charge in [-0.05, 0) is 43.7 Å². The molecule has 1 fully saturated rings. The Labute approximate surface area is 111 Å². The SMILES string of the molecule is N#Cc1ccc(C(=O)COC(=O)C2CCCN2)cc1. The Morgan fingerprint density at radius 3 is 2.68 bits per heavy atom. The number of esters is 1. The van der Waals surface area contributed by atoms with Crippen molar-refractivity contribution in [2.45, 2.75) is 18.9 Å². The summed E-state index contributed by atoms with van der Waals surface area (Å²) < 4.78 is 4.98. The van der Waals surface area contributed by atoms with Crippen LogP contribution >= 0.6 is 0 Å². The van der Waals surface area contributed by atoms with E-state index in [1.165, 1.54) is 0 Å². The van der Waals surface area contributed by atoms with E-state index in [-0.39, 0.29) is 24.4 Å². The monoisotopic (exact) mass is 258 g/mol. The molecule has 1 aliphatic heterocycles. The zero-order valence-corrected chi connectivity index (χ0v) is 10.4. The van der Waals surface area contributed by atoms with Crippen molar-refractivity contribution in [3.05, 3.63) is 35.4 Å². The zero-order valence-electron chi connectivity index (χ0n) is 10.4. The second kappa shape index (κ2) is 6.12. The van der Waals surface area contributed by atoms with Gasteiger partial charge in [0, 0.05) is 5.56 Å². The van der Waals surface area contributed by atoms with Gasteiger partial charge in [0.25, 0.3) is 0 Å². The molecule has 0 aromatic heterocycles. The number of carbonyl (C=O) groups excluding carboxylic acids is 2. The lowest BCUT2D eigenvalue weighted by atomic mass is 10.1. The minimum Gasteiger partial charge on any atom is -0.456 e. The fourth-order valence-corrected chi connectivity index (χ4v) is 1.94. The van der Waals surface area contributed by atoms with Crippen LogP contribution in [0.25, 0.3) is 0 Å². The van der Waals surface area contributed by atoms with Gasteiger partial charge in [0.15, 0.2) is 12.4 Å². The number of nitriles is 1. The lowest BCUT2D eigenvalue weighted by Crippen LogP contribution is -2.33. The smallest absolute Gasteiger partial charge is 0.323 e. The molecule has 1 unspecified atom stereocenters. The average molecular weight is 258 g/mol. The van der Waals surface area contributed by atoms with Gasteiger partial charge in [0.2, 0.25) is 0 Å². The molecule has 0 amide bonds.